The van der Waals surface area contributed by atoms with E-state index >= 15 is 0 Å². The van der Waals surface area contributed by atoms with Gasteiger partial charge in [0.15, 0.2) is 5.76 Å². The minimum atomic E-state index is 0.336. The molecule has 23 heavy (non-hydrogen) atoms. The number of furan rings is 1. The zero-order valence-electron chi connectivity index (χ0n) is 12.6. The standard InChI is InChI=1S/C16H17N5O2/c17-9-12-4-5-13(22-12)16-19-15(20-23-16)11-3-6-14(18-10-11)21-7-1-2-8-21/h3-6,10H,1-2,7-9,17H2. The average molecular weight is 311 g/mol. The Morgan fingerprint density at radius 3 is 2.70 bits per heavy atom. The normalized spacial score (nSPS) is 14.6. The van der Waals surface area contributed by atoms with Gasteiger partial charge < -0.3 is 19.6 Å². The SMILES string of the molecule is NCc1ccc(-c2nc(-c3ccc(N4CCCC4)nc3)no2)o1. The number of nitrogens with zero attached hydrogens (tertiary/aromatic N) is 4. The maximum atomic E-state index is 5.53. The molecule has 3 aromatic rings. The number of pyridine rings is 1. The summed E-state index contributed by atoms with van der Waals surface area (Å²) in [5, 5.41) is 3.99. The van der Waals surface area contributed by atoms with Crippen molar-refractivity contribution >= 4 is 5.82 Å². The minimum absolute atomic E-state index is 0.336. The van der Waals surface area contributed by atoms with E-state index in [1.54, 1.807) is 18.3 Å². The molecule has 0 unspecified atom stereocenters. The number of hydrogen-bond acceptors (Lipinski definition) is 7. The zero-order chi connectivity index (χ0) is 15.6. The lowest BCUT2D eigenvalue weighted by atomic mass is 10.2. The van der Waals surface area contributed by atoms with Gasteiger partial charge in [-0.2, -0.15) is 4.98 Å². The summed E-state index contributed by atoms with van der Waals surface area (Å²) in [6, 6.07) is 7.53. The molecule has 0 bridgehead atoms. The van der Waals surface area contributed by atoms with Crippen LogP contribution in [0.5, 0.6) is 0 Å². The molecule has 0 aromatic carbocycles. The molecule has 2 N–H and O–H groups in total. The molecule has 4 heterocycles. The molecule has 1 aliphatic heterocycles. The lowest BCUT2D eigenvalue weighted by molar-refractivity contribution is 0.412. The van der Waals surface area contributed by atoms with E-state index in [0.29, 0.717) is 29.8 Å². The second kappa shape index (κ2) is 5.85. The molecule has 118 valence electrons. The number of anilines is 1. The molecule has 1 aliphatic rings. The van der Waals surface area contributed by atoms with Gasteiger partial charge in [-0.05, 0) is 37.1 Å². The highest BCUT2D eigenvalue weighted by Gasteiger charge is 2.16. The van der Waals surface area contributed by atoms with Gasteiger partial charge in [-0.3, -0.25) is 0 Å². The van der Waals surface area contributed by atoms with E-state index in [4.69, 9.17) is 14.7 Å². The van der Waals surface area contributed by atoms with E-state index in [-0.39, 0.29) is 0 Å². The van der Waals surface area contributed by atoms with Crippen LogP contribution in [0.2, 0.25) is 0 Å². The van der Waals surface area contributed by atoms with Crippen molar-refractivity contribution in [2.75, 3.05) is 18.0 Å². The first kappa shape index (κ1) is 14.0. The molecule has 0 spiro atoms. The number of rotatable bonds is 4. The summed E-state index contributed by atoms with van der Waals surface area (Å²) < 4.78 is 10.8. The summed E-state index contributed by atoms with van der Waals surface area (Å²) >= 11 is 0. The summed E-state index contributed by atoms with van der Waals surface area (Å²) in [5.74, 6) is 3.02. The molecule has 4 rings (SSSR count). The monoisotopic (exact) mass is 311 g/mol. The van der Waals surface area contributed by atoms with Crippen LogP contribution in [0.15, 0.2) is 39.4 Å². The van der Waals surface area contributed by atoms with Gasteiger partial charge in [0.1, 0.15) is 11.6 Å². The molecule has 7 nitrogen and oxygen atoms in total. The Hall–Kier alpha value is -2.67. The van der Waals surface area contributed by atoms with E-state index in [9.17, 15) is 0 Å². The van der Waals surface area contributed by atoms with Crippen molar-refractivity contribution in [1.29, 1.82) is 0 Å². The molecule has 0 atom stereocenters. The molecular weight excluding hydrogens is 294 g/mol. The number of hydrogen-bond donors (Lipinski definition) is 1. The molecule has 3 aromatic heterocycles. The van der Waals surface area contributed by atoms with E-state index < -0.39 is 0 Å². The Bertz CT molecular complexity index is 787. The fourth-order valence-electron chi connectivity index (χ4n) is 2.69. The highest BCUT2D eigenvalue weighted by atomic mass is 16.5. The number of nitrogens with two attached hydrogens (primary N) is 1. The minimum Gasteiger partial charge on any atom is -0.455 e. The fraction of sp³-hybridized carbons (Fsp3) is 0.312. The third kappa shape index (κ3) is 2.70. The van der Waals surface area contributed by atoms with E-state index in [0.717, 1.165) is 24.5 Å². The Morgan fingerprint density at radius 1 is 1.13 bits per heavy atom. The van der Waals surface area contributed by atoms with Crippen LogP contribution < -0.4 is 10.6 Å². The van der Waals surface area contributed by atoms with E-state index in [1.165, 1.54) is 12.8 Å². The van der Waals surface area contributed by atoms with Crippen molar-refractivity contribution < 1.29 is 8.94 Å². The summed E-state index contributed by atoms with van der Waals surface area (Å²) in [6.07, 6.45) is 4.23. The Labute approximate surface area is 133 Å². The average Bonchev–Trinajstić information content (AvgIpc) is 3.34. The van der Waals surface area contributed by atoms with Crippen LogP contribution in [0, 0.1) is 0 Å². The number of aromatic nitrogens is 3. The van der Waals surface area contributed by atoms with Crippen molar-refractivity contribution in [1.82, 2.24) is 15.1 Å². The first-order valence-electron chi connectivity index (χ1n) is 7.68. The molecule has 1 saturated heterocycles. The topological polar surface area (TPSA) is 94.2 Å². The maximum absolute atomic E-state index is 5.53. The summed E-state index contributed by atoms with van der Waals surface area (Å²) in [6.45, 7) is 2.48. The van der Waals surface area contributed by atoms with Gasteiger partial charge >= 0.3 is 0 Å². The first-order chi connectivity index (χ1) is 11.3. The zero-order valence-corrected chi connectivity index (χ0v) is 12.6. The van der Waals surface area contributed by atoms with Gasteiger partial charge in [0, 0.05) is 24.8 Å². The van der Waals surface area contributed by atoms with Crippen LogP contribution in [-0.4, -0.2) is 28.2 Å². The van der Waals surface area contributed by atoms with Crippen molar-refractivity contribution in [2.24, 2.45) is 5.73 Å². The van der Waals surface area contributed by atoms with Crippen LogP contribution in [0.4, 0.5) is 5.82 Å². The van der Waals surface area contributed by atoms with Gasteiger partial charge in [-0.1, -0.05) is 5.16 Å². The van der Waals surface area contributed by atoms with Gasteiger partial charge in [0.25, 0.3) is 5.89 Å². The Morgan fingerprint density at radius 2 is 2.00 bits per heavy atom. The molecule has 0 saturated carbocycles. The lowest BCUT2D eigenvalue weighted by Gasteiger charge is -2.15. The van der Waals surface area contributed by atoms with Crippen LogP contribution in [0.25, 0.3) is 23.0 Å². The molecule has 1 fully saturated rings. The van der Waals surface area contributed by atoms with Crippen molar-refractivity contribution in [3.8, 4) is 23.0 Å². The summed E-state index contributed by atoms with van der Waals surface area (Å²) in [4.78, 5) is 11.1. The Balaban J connectivity index is 1.56. The van der Waals surface area contributed by atoms with Gasteiger partial charge in [-0.25, -0.2) is 4.98 Å². The molecule has 7 heteroatoms. The second-order valence-corrected chi connectivity index (χ2v) is 5.49. The smallest absolute Gasteiger partial charge is 0.293 e. The van der Waals surface area contributed by atoms with Gasteiger partial charge in [0.2, 0.25) is 5.82 Å². The van der Waals surface area contributed by atoms with E-state index in [2.05, 4.69) is 20.0 Å². The third-order valence-electron chi connectivity index (χ3n) is 3.94. The first-order valence-corrected chi connectivity index (χ1v) is 7.68. The largest absolute Gasteiger partial charge is 0.455 e. The van der Waals surface area contributed by atoms with Gasteiger partial charge in [0.05, 0.1) is 6.54 Å². The van der Waals surface area contributed by atoms with E-state index in [1.807, 2.05) is 12.1 Å². The molecule has 0 amide bonds. The summed E-state index contributed by atoms with van der Waals surface area (Å²) in [5.41, 5.74) is 6.34. The summed E-state index contributed by atoms with van der Waals surface area (Å²) in [7, 11) is 0. The third-order valence-corrected chi connectivity index (χ3v) is 3.94. The van der Waals surface area contributed by atoms with Crippen LogP contribution >= 0.6 is 0 Å². The highest BCUT2D eigenvalue weighted by molar-refractivity contribution is 5.58. The fourth-order valence-corrected chi connectivity index (χ4v) is 2.69. The highest BCUT2D eigenvalue weighted by Crippen LogP contribution is 2.25. The van der Waals surface area contributed by atoms with Crippen molar-refractivity contribution in [2.45, 2.75) is 19.4 Å². The van der Waals surface area contributed by atoms with Crippen molar-refractivity contribution in [3.63, 3.8) is 0 Å². The predicted molar refractivity (Wildman–Crippen MR) is 84.6 cm³/mol. The molecule has 0 aliphatic carbocycles. The lowest BCUT2D eigenvalue weighted by Crippen LogP contribution is -2.18. The molecule has 0 radical (unpaired) electrons. The molecular formula is C16H17N5O2. The van der Waals surface area contributed by atoms with Crippen LogP contribution in [0.1, 0.15) is 18.6 Å². The van der Waals surface area contributed by atoms with Crippen LogP contribution in [0.3, 0.4) is 0 Å². The quantitative estimate of drug-likeness (QED) is 0.790. The van der Waals surface area contributed by atoms with Gasteiger partial charge in [-0.15, -0.1) is 0 Å². The predicted octanol–water partition coefficient (Wildman–Crippen LogP) is 2.45. The van der Waals surface area contributed by atoms with Crippen molar-refractivity contribution in [3.05, 3.63) is 36.2 Å². The second-order valence-electron chi connectivity index (χ2n) is 5.49. The maximum Gasteiger partial charge on any atom is 0.293 e. The van der Waals surface area contributed by atoms with Crippen LogP contribution in [-0.2, 0) is 6.54 Å². The Kier molecular flexibility index (Phi) is 3.55.